The molecule has 5 nitrogen and oxygen atoms in total. The number of carbonyl (C=O) groups is 2. The highest BCUT2D eigenvalue weighted by Crippen LogP contribution is 2.32. The fraction of sp³-hybridized carbons (Fsp3) is 0.818. The summed E-state index contributed by atoms with van der Waals surface area (Å²) in [6.07, 6.45) is 2.99. The first-order valence-corrected chi connectivity index (χ1v) is 5.84. The van der Waals surface area contributed by atoms with Gasteiger partial charge in [-0.25, -0.2) is 9.59 Å². The summed E-state index contributed by atoms with van der Waals surface area (Å²) in [4.78, 5) is 24.7. The molecule has 2 amide bonds. The number of carboxylic acids is 1. The van der Waals surface area contributed by atoms with Gasteiger partial charge in [0.15, 0.2) is 0 Å². The minimum atomic E-state index is -0.983. The Kier molecular flexibility index (Phi) is 2.78. The van der Waals surface area contributed by atoms with Gasteiger partial charge >= 0.3 is 12.0 Å². The maximum Gasteiger partial charge on any atom is 0.329 e. The van der Waals surface area contributed by atoms with Crippen LogP contribution < -0.4 is 5.32 Å². The average Bonchev–Trinajstić information content (AvgIpc) is 2.57. The van der Waals surface area contributed by atoms with Crippen molar-refractivity contribution in [2.45, 2.75) is 38.1 Å². The molecule has 0 radical (unpaired) electrons. The van der Waals surface area contributed by atoms with Crippen molar-refractivity contribution in [2.24, 2.45) is 5.92 Å². The molecule has 0 bridgehead atoms. The van der Waals surface area contributed by atoms with Crippen molar-refractivity contribution in [3.63, 3.8) is 0 Å². The van der Waals surface area contributed by atoms with Gasteiger partial charge < -0.3 is 15.3 Å². The molecule has 2 N–H and O–H groups in total. The van der Waals surface area contributed by atoms with Gasteiger partial charge in [-0.3, -0.25) is 0 Å². The maximum atomic E-state index is 11.9. The lowest BCUT2D eigenvalue weighted by molar-refractivity contribution is -0.148. The molecule has 1 unspecified atom stereocenters. The van der Waals surface area contributed by atoms with Crippen molar-refractivity contribution >= 4 is 12.0 Å². The molecule has 2 aliphatic rings. The van der Waals surface area contributed by atoms with Crippen LogP contribution in [-0.4, -0.2) is 40.6 Å². The standard InChI is InChI=1S/C11H18N2O3/c1-8-3-6-13(7-8)10(16)12-11(9(14)15)4-2-5-11/h8H,2-7H2,1H3,(H,12,16)(H,14,15). The fourth-order valence-corrected chi connectivity index (χ4v) is 2.33. The van der Waals surface area contributed by atoms with Crippen molar-refractivity contribution in [1.29, 1.82) is 0 Å². The summed E-state index contributed by atoms with van der Waals surface area (Å²) in [5.41, 5.74) is -0.983. The van der Waals surface area contributed by atoms with E-state index in [1.807, 2.05) is 0 Å². The normalized spacial score (nSPS) is 27.3. The first-order valence-electron chi connectivity index (χ1n) is 5.84. The number of carboxylic acid groups (broad SMARTS) is 1. The van der Waals surface area contributed by atoms with Crippen LogP contribution >= 0.6 is 0 Å². The highest BCUT2D eigenvalue weighted by Gasteiger charge is 2.46. The summed E-state index contributed by atoms with van der Waals surface area (Å²) >= 11 is 0. The van der Waals surface area contributed by atoms with Crippen LogP contribution in [0.3, 0.4) is 0 Å². The van der Waals surface area contributed by atoms with Crippen LogP contribution in [0.4, 0.5) is 4.79 Å². The summed E-state index contributed by atoms with van der Waals surface area (Å²) in [7, 11) is 0. The van der Waals surface area contributed by atoms with E-state index < -0.39 is 11.5 Å². The Hall–Kier alpha value is -1.26. The smallest absolute Gasteiger partial charge is 0.329 e. The van der Waals surface area contributed by atoms with E-state index >= 15 is 0 Å². The van der Waals surface area contributed by atoms with Crippen LogP contribution in [0.15, 0.2) is 0 Å². The molecular weight excluding hydrogens is 208 g/mol. The first-order chi connectivity index (χ1) is 7.53. The molecule has 2 fully saturated rings. The van der Waals surface area contributed by atoms with Gasteiger partial charge in [0.25, 0.3) is 0 Å². The number of urea groups is 1. The molecule has 1 saturated heterocycles. The first kappa shape index (κ1) is 11.2. The molecule has 1 aliphatic heterocycles. The zero-order valence-corrected chi connectivity index (χ0v) is 9.53. The number of likely N-dealkylation sites (tertiary alicyclic amines) is 1. The summed E-state index contributed by atoms with van der Waals surface area (Å²) in [5.74, 6) is -0.382. The highest BCUT2D eigenvalue weighted by molar-refractivity contribution is 5.87. The van der Waals surface area contributed by atoms with Crippen LogP contribution in [-0.2, 0) is 4.79 Å². The van der Waals surface area contributed by atoms with E-state index in [1.54, 1.807) is 4.90 Å². The Morgan fingerprint density at radius 2 is 2.12 bits per heavy atom. The summed E-state index contributed by atoms with van der Waals surface area (Å²) < 4.78 is 0. The van der Waals surface area contributed by atoms with Gasteiger partial charge in [-0.15, -0.1) is 0 Å². The lowest BCUT2D eigenvalue weighted by Crippen LogP contribution is -2.61. The molecule has 0 aromatic carbocycles. The van der Waals surface area contributed by atoms with Crippen LogP contribution in [0.5, 0.6) is 0 Å². The molecule has 1 aliphatic carbocycles. The lowest BCUT2D eigenvalue weighted by Gasteiger charge is -2.39. The van der Waals surface area contributed by atoms with Gasteiger partial charge in [-0.2, -0.15) is 0 Å². The van der Waals surface area contributed by atoms with E-state index in [0.29, 0.717) is 18.8 Å². The molecule has 1 heterocycles. The summed E-state index contributed by atoms with van der Waals surface area (Å²) in [6, 6.07) is -0.216. The predicted octanol–water partition coefficient (Wildman–Crippen LogP) is 1.05. The second-order valence-corrected chi connectivity index (χ2v) is 5.01. The Bertz CT molecular complexity index is 312. The number of carbonyl (C=O) groups excluding carboxylic acids is 1. The van der Waals surface area contributed by atoms with Crippen molar-refractivity contribution in [3.8, 4) is 0 Å². The third kappa shape index (κ3) is 1.86. The number of hydrogen-bond donors (Lipinski definition) is 2. The molecule has 0 aromatic rings. The van der Waals surface area contributed by atoms with Crippen molar-refractivity contribution in [3.05, 3.63) is 0 Å². The minimum Gasteiger partial charge on any atom is -0.480 e. The third-order valence-corrected chi connectivity index (χ3v) is 3.67. The molecule has 0 spiro atoms. The quantitative estimate of drug-likeness (QED) is 0.739. The van der Waals surface area contributed by atoms with E-state index in [2.05, 4.69) is 12.2 Å². The molecule has 5 heteroatoms. The van der Waals surface area contributed by atoms with Crippen molar-refractivity contribution < 1.29 is 14.7 Å². The summed E-state index contributed by atoms with van der Waals surface area (Å²) in [5, 5.41) is 11.8. The van der Waals surface area contributed by atoms with E-state index in [9.17, 15) is 9.59 Å². The summed E-state index contributed by atoms with van der Waals surface area (Å²) in [6.45, 7) is 3.58. The highest BCUT2D eigenvalue weighted by atomic mass is 16.4. The van der Waals surface area contributed by atoms with E-state index in [4.69, 9.17) is 5.11 Å². The van der Waals surface area contributed by atoms with Crippen LogP contribution in [0, 0.1) is 5.92 Å². The van der Waals surface area contributed by atoms with E-state index in [0.717, 1.165) is 25.9 Å². The molecule has 1 atom stereocenters. The Labute approximate surface area is 94.8 Å². The van der Waals surface area contributed by atoms with Crippen molar-refractivity contribution in [1.82, 2.24) is 10.2 Å². The zero-order chi connectivity index (χ0) is 11.8. The lowest BCUT2D eigenvalue weighted by atomic mass is 9.77. The van der Waals surface area contributed by atoms with Gasteiger partial charge in [0.2, 0.25) is 0 Å². The number of amides is 2. The monoisotopic (exact) mass is 226 g/mol. The Balaban J connectivity index is 1.94. The van der Waals surface area contributed by atoms with Crippen LogP contribution in [0.1, 0.15) is 32.6 Å². The molecule has 16 heavy (non-hydrogen) atoms. The zero-order valence-electron chi connectivity index (χ0n) is 9.53. The SMILES string of the molecule is CC1CCN(C(=O)NC2(C(=O)O)CCC2)C1. The molecule has 0 aromatic heterocycles. The van der Waals surface area contributed by atoms with Gasteiger partial charge in [-0.1, -0.05) is 6.92 Å². The number of hydrogen-bond acceptors (Lipinski definition) is 2. The predicted molar refractivity (Wildman–Crippen MR) is 58.1 cm³/mol. The number of rotatable bonds is 2. The van der Waals surface area contributed by atoms with Gasteiger partial charge in [-0.05, 0) is 31.6 Å². The third-order valence-electron chi connectivity index (χ3n) is 3.67. The Morgan fingerprint density at radius 1 is 1.44 bits per heavy atom. The second kappa shape index (κ2) is 3.96. The fourth-order valence-electron chi connectivity index (χ4n) is 2.33. The maximum absolute atomic E-state index is 11.9. The molecular formula is C11H18N2O3. The van der Waals surface area contributed by atoms with Crippen molar-refractivity contribution in [2.75, 3.05) is 13.1 Å². The minimum absolute atomic E-state index is 0.216. The van der Waals surface area contributed by atoms with E-state index in [1.165, 1.54) is 0 Å². The van der Waals surface area contributed by atoms with Gasteiger partial charge in [0, 0.05) is 13.1 Å². The second-order valence-electron chi connectivity index (χ2n) is 5.01. The number of nitrogens with one attached hydrogen (secondary N) is 1. The Morgan fingerprint density at radius 3 is 2.50 bits per heavy atom. The molecule has 1 saturated carbocycles. The number of nitrogens with zero attached hydrogens (tertiary/aromatic N) is 1. The van der Waals surface area contributed by atoms with Gasteiger partial charge in [0.05, 0.1) is 0 Å². The molecule has 2 rings (SSSR count). The topological polar surface area (TPSA) is 69.6 Å². The van der Waals surface area contributed by atoms with Crippen LogP contribution in [0.2, 0.25) is 0 Å². The van der Waals surface area contributed by atoms with E-state index in [-0.39, 0.29) is 6.03 Å². The van der Waals surface area contributed by atoms with Crippen LogP contribution in [0.25, 0.3) is 0 Å². The molecule has 90 valence electrons. The van der Waals surface area contributed by atoms with Gasteiger partial charge in [0.1, 0.15) is 5.54 Å². The largest absolute Gasteiger partial charge is 0.480 e. The average molecular weight is 226 g/mol. The number of aliphatic carboxylic acids is 1.